The molecule has 1 aromatic heterocycles. The van der Waals surface area contributed by atoms with Crippen LogP contribution in [-0.4, -0.2) is 21.8 Å². The van der Waals surface area contributed by atoms with Gasteiger partial charge in [-0.3, -0.25) is 9.69 Å². The van der Waals surface area contributed by atoms with E-state index in [0.717, 1.165) is 21.5 Å². The minimum Gasteiger partial charge on any atom is -0.273 e. The third-order valence-corrected chi connectivity index (χ3v) is 5.39. The topological polar surface area (TPSA) is 45.6 Å². The van der Waals surface area contributed by atoms with E-state index in [1.165, 1.54) is 23.1 Å². The van der Waals surface area contributed by atoms with Crippen LogP contribution in [0.4, 0.5) is 10.8 Å². The molecule has 0 radical (unpaired) electrons. The number of aliphatic imine (C=N–C) groups is 1. The van der Waals surface area contributed by atoms with Gasteiger partial charge in [-0.15, -0.1) is 0 Å². The molecular formula is C17H13N3OS2. The summed E-state index contributed by atoms with van der Waals surface area (Å²) in [5.74, 6) is 0.469. The second-order valence-electron chi connectivity index (χ2n) is 5.21. The summed E-state index contributed by atoms with van der Waals surface area (Å²) in [6.07, 6.45) is 0. The average Bonchev–Trinajstić information content (AvgIpc) is 3.12. The molecule has 0 N–H and O–H groups in total. The van der Waals surface area contributed by atoms with E-state index < -0.39 is 0 Å². The van der Waals surface area contributed by atoms with Crippen molar-refractivity contribution in [1.29, 1.82) is 0 Å². The van der Waals surface area contributed by atoms with Crippen molar-refractivity contribution in [1.82, 2.24) is 4.98 Å². The van der Waals surface area contributed by atoms with Crippen molar-refractivity contribution in [3.8, 4) is 0 Å². The van der Waals surface area contributed by atoms with Crippen molar-refractivity contribution in [2.75, 3.05) is 10.7 Å². The number of amides is 1. The van der Waals surface area contributed by atoms with Crippen LogP contribution in [0.5, 0.6) is 0 Å². The first-order valence-corrected chi connectivity index (χ1v) is 8.97. The van der Waals surface area contributed by atoms with Crippen molar-refractivity contribution in [2.24, 2.45) is 4.99 Å². The number of carbonyl (C=O) groups excluding carboxylic acids is 1. The quantitative estimate of drug-likeness (QED) is 0.696. The van der Waals surface area contributed by atoms with Crippen LogP contribution in [0.1, 0.15) is 5.56 Å². The molecule has 0 unspecified atom stereocenters. The van der Waals surface area contributed by atoms with Gasteiger partial charge in [0.05, 0.1) is 21.7 Å². The highest BCUT2D eigenvalue weighted by molar-refractivity contribution is 8.15. The number of thioether (sulfide) groups is 1. The van der Waals surface area contributed by atoms with Gasteiger partial charge in [-0.25, -0.2) is 4.98 Å². The van der Waals surface area contributed by atoms with Gasteiger partial charge in [0.15, 0.2) is 5.17 Å². The Bertz CT molecular complexity index is 882. The number of benzene rings is 2. The molecule has 0 bridgehead atoms. The number of aromatic nitrogens is 1. The second-order valence-corrected chi connectivity index (χ2v) is 7.16. The number of nitrogens with zero attached hydrogens (tertiary/aromatic N) is 3. The van der Waals surface area contributed by atoms with Crippen LogP contribution in [0.25, 0.3) is 10.2 Å². The molecule has 114 valence electrons. The van der Waals surface area contributed by atoms with Gasteiger partial charge in [0.25, 0.3) is 0 Å². The molecule has 0 spiro atoms. The van der Waals surface area contributed by atoms with Crippen LogP contribution in [0.3, 0.4) is 0 Å². The number of rotatable bonds is 2. The third kappa shape index (κ3) is 2.75. The number of anilines is 1. The Balaban J connectivity index is 1.73. The predicted molar refractivity (Wildman–Crippen MR) is 97.8 cm³/mol. The van der Waals surface area contributed by atoms with Gasteiger partial charge in [-0.1, -0.05) is 52.9 Å². The SMILES string of the molecule is Cc1ccc(N2C(=O)CS/C2=N\c2nc3ccccc3s2)cc1. The van der Waals surface area contributed by atoms with Gasteiger partial charge in [0, 0.05) is 0 Å². The average molecular weight is 339 g/mol. The van der Waals surface area contributed by atoms with E-state index in [4.69, 9.17) is 0 Å². The first-order chi connectivity index (χ1) is 11.2. The number of aryl methyl sites for hydroxylation is 1. The summed E-state index contributed by atoms with van der Waals surface area (Å²) in [6.45, 7) is 2.03. The third-order valence-electron chi connectivity index (χ3n) is 3.53. The van der Waals surface area contributed by atoms with Crippen LogP contribution in [-0.2, 0) is 4.79 Å². The Morgan fingerprint density at radius 2 is 1.91 bits per heavy atom. The summed E-state index contributed by atoms with van der Waals surface area (Å²) in [6, 6.07) is 15.9. The zero-order valence-corrected chi connectivity index (χ0v) is 14.0. The van der Waals surface area contributed by atoms with E-state index in [1.807, 2.05) is 55.5 Å². The first kappa shape index (κ1) is 14.4. The maximum Gasteiger partial charge on any atom is 0.243 e. The van der Waals surface area contributed by atoms with Gasteiger partial charge in [-0.2, -0.15) is 4.99 Å². The maximum absolute atomic E-state index is 12.2. The summed E-state index contributed by atoms with van der Waals surface area (Å²) in [5, 5.41) is 1.37. The van der Waals surface area contributed by atoms with Crippen molar-refractivity contribution in [3.63, 3.8) is 0 Å². The molecule has 23 heavy (non-hydrogen) atoms. The van der Waals surface area contributed by atoms with E-state index in [0.29, 0.717) is 16.1 Å². The van der Waals surface area contributed by atoms with Crippen LogP contribution in [0.15, 0.2) is 53.5 Å². The first-order valence-electron chi connectivity index (χ1n) is 7.17. The van der Waals surface area contributed by atoms with Crippen molar-refractivity contribution < 1.29 is 4.79 Å². The normalized spacial score (nSPS) is 16.7. The lowest BCUT2D eigenvalue weighted by molar-refractivity contribution is -0.115. The molecule has 0 saturated carbocycles. The lowest BCUT2D eigenvalue weighted by Gasteiger charge is -2.15. The highest BCUT2D eigenvalue weighted by Crippen LogP contribution is 2.32. The van der Waals surface area contributed by atoms with Gasteiger partial charge in [0.2, 0.25) is 11.0 Å². The molecule has 3 aromatic rings. The summed E-state index contributed by atoms with van der Waals surface area (Å²) in [5.41, 5.74) is 2.95. The molecule has 2 heterocycles. The van der Waals surface area contributed by atoms with E-state index in [-0.39, 0.29) is 5.91 Å². The van der Waals surface area contributed by atoms with Gasteiger partial charge in [0.1, 0.15) is 0 Å². The predicted octanol–water partition coefficient (Wildman–Crippen LogP) is 4.37. The zero-order chi connectivity index (χ0) is 15.8. The fourth-order valence-electron chi connectivity index (χ4n) is 2.38. The number of para-hydroxylation sites is 1. The van der Waals surface area contributed by atoms with E-state index in [2.05, 4.69) is 9.98 Å². The smallest absolute Gasteiger partial charge is 0.243 e. The molecule has 1 amide bonds. The molecule has 0 atom stereocenters. The number of hydrogen-bond acceptors (Lipinski definition) is 5. The Kier molecular flexibility index (Phi) is 3.63. The van der Waals surface area contributed by atoms with Crippen LogP contribution < -0.4 is 4.90 Å². The minimum absolute atomic E-state index is 0.0544. The zero-order valence-electron chi connectivity index (χ0n) is 12.4. The fourth-order valence-corrected chi connectivity index (χ4v) is 4.15. The molecule has 1 saturated heterocycles. The largest absolute Gasteiger partial charge is 0.273 e. The standard InChI is InChI=1S/C17H13N3OS2/c1-11-6-8-12(9-7-11)20-15(21)10-22-17(20)19-16-18-13-4-2-3-5-14(13)23-16/h2-9H,10H2,1H3/b19-17-. The molecular weight excluding hydrogens is 326 g/mol. The van der Waals surface area contributed by atoms with E-state index >= 15 is 0 Å². The highest BCUT2D eigenvalue weighted by atomic mass is 32.2. The van der Waals surface area contributed by atoms with Crippen molar-refractivity contribution >= 4 is 55.2 Å². The molecule has 1 fully saturated rings. The molecule has 0 aliphatic carbocycles. The lowest BCUT2D eigenvalue weighted by atomic mass is 10.2. The second kappa shape index (κ2) is 5.79. The summed E-state index contributed by atoms with van der Waals surface area (Å²) < 4.78 is 1.10. The minimum atomic E-state index is 0.0544. The fraction of sp³-hybridized carbons (Fsp3) is 0.118. The molecule has 4 rings (SSSR count). The summed E-state index contributed by atoms with van der Waals surface area (Å²) >= 11 is 2.99. The Morgan fingerprint density at radius 1 is 1.13 bits per heavy atom. The van der Waals surface area contributed by atoms with Crippen LogP contribution in [0.2, 0.25) is 0 Å². The Morgan fingerprint density at radius 3 is 2.70 bits per heavy atom. The van der Waals surface area contributed by atoms with Gasteiger partial charge in [-0.05, 0) is 31.2 Å². The Labute approximate surface area is 141 Å². The monoisotopic (exact) mass is 339 g/mol. The number of fused-ring (bicyclic) bond motifs is 1. The molecule has 1 aliphatic rings. The van der Waals surface area contributed by atoms with Crippen LogP contribution in [0, 0.1) is 6.92 Å². The number of carbonyl (C=O) groups is 1. The number of thiazole rings is 1. The van der Waals surface area contributed by atoms with Gasteiger partial charge >= 0.3 is 0 Å². The van der Waals surface area contributed by atoms with Crippen molar-refractivity contribution in [3.05, 3.63) is 54.1 Å². The van der Waals surface area contributed by atoms with E-state index in [1.54, 1.807) is 4.90 Å². The van der Waals surface area contributed by atoms with Crippen molar-refractivity contribution in [2.45, 2.75) is 6.92 Å². The summed E-state index contributed by atoms with van der Waals surface area (Å²) in [7, 11) is 0. The summed E-state index contributed by atoms with van der Waals surface area (Å²) in [4.78, 5) is 23.1. The molecule has 1 aliphatic heterocycles. The lowest BCUT2D eigenvalue weighted by Crippen LogP contribution is -2.29. The Hall–Kier alpha value is -2.18. The maximum atomic E-state index is 12.2. The van der Waals surface area contributed by atoms with Gasteiger partial charge < -0.3 is 0 Å². The molecule has 6 heteroatoms. The molecule has 2 aromatic carbocycles. The number of hydrogen-bond donors (Lipinski definition) is 0. The van der Waals surface area contributed by atoms with Crippen LogP contribution >= 0.6 is 23.1 Å². The van der Waals surface area contributed by atoms with E-state index in [9.17, 15) is 4.79 Å². The highest BCUT2D eigenvalue weighted by Gasteiger charge is 2.30. The number of amidine groups is 1. The molecule has 4 nitrogen and oxygen atoms in total.